The van der Waals surface area contributed by atoms with Crippen LogP contribution in [0.5, 0.6) is 0 Å². The molecule has 10 heavy (non-hydrogen) atoms. The molecular formula is C3H11N3O3S. The lowest BCUT2D eigenvalue weighted by molar-refractivity contribution is 0.0992. The first-order valence-electron chi connectivity index (χ1n) is 2.64. The maximum absolute atomic E-state index is 10.5. The monoisotopic (exact) mass is 169 g/mol. The van der Waals surface area contributed by atoms with Gasteiger partial charge in [0.2, 0.25) is 0 Å². The van der Waals surface area contributed by atoms with Crippen LogP contribution in [0.4, 0.5) is 0 Å². The molecule has 0 saturated heterocycles. The summed E-state index contributed by atoms with van der Waals surface area (Å²) in [6, 6.07) is 0. The Bertz CT molecular complexity index is 166. The van der Waals surface area contributed by atoms with Gasteiger partial charge in [-0.1, -0.05) is 4.89 Å². The van der Waals surface area contributed by atoms with E-state index in [9.17, 15) is 8.42 Å². The van der Waals surface area contributed by atoms with Crippen LogP contribution in [0.3, 0.4) is 0 Å². The molecule has 0 aromatic carbocycles. The fourth-order valence-electron chi connectivity index (χ4n) is 0.220. The Labute approximate surface area is 59.9 Å². The minimum Gasteiger partial charge on any atom is -0.328 e. The van der Waals surface area contributed by atoms with Crippen molar-refractivity contribution in [2.45, 2.75) is 0 Å². The summed E-state index contributed by atoms with van der Waals surface area (Å²) < 4.78 is 23.0. The quantitative estimate of drug-likeness (QED) is 0.325. The highest BCUT2D eigenvalue weighted by Gasteiger charge is 2.02. The molecule has 0 heterocycles. The summed E-state index contributed by atoms with van der Waals surface area (Å²) >= 11 is 0. The highest BCUT2D eigenvalue weighted by molar-refractivity contribution is 7.87. The van der Waals surface area contributed by atoms with Crippen molar-refractivity contribution in [1.82, 2.24) is 9.61 Å². The molecule has 0 aromatic heterocycles. The van der Waals surface area contributed by atoms with Crippen LogP contribution in [0.15, 0.2) is 0 Å². The van der Waals surface area contributed by atoms with Gasteiger partial charge in [0.1, 0.15) is 0 Å². The molecule has 0 saturated carbocycles. The van der Waals surface area contributed by atoms with Crippen molar-refractivity contribution in [3.63, 3.8) is 0 Å². The van der Waals surface area contributed by atoms with E-state index in [0.717, 1.165) is 0 Å². The lowest BCUT2D eigenvalue weighted by Gasteiger charge is -2.02. The van der Waals surface area contributed by atoms with Gasteiger partial charge in [0.25, 0.3) is 10.2 Å². The molecule has 0 amide bonds. The van der Waals surface area contributed by atoms with Crippen LogP contribution in [-0.4, -0.2) is 28.6 Å². The van der Waals surface area contributed by atoms with Gasteiger partial charge in [-0.15, -0.1) is 0 Å². The maximum Gasteiger partial charge on any atom is 0.298 e. The topological polar surface area (TPSA) is 93.5 Å². The van der Waals surface area contributed by atoms with E-state index in [2.05, 4.69) is 4.84 Å². The van der Waals surface area contributed by atoms with Gasteiger partial charge in [0.15, 0.2) is 0 Å². The Hall–Kier alpha value is -0.210. The number of nitrogens with one attached hydrogen (secondary N) is 2. The van der Waals surface area contributed by atoms with Gasteiger partial charge in [-0.3, -0.25) is 4.84 Å². The van der Waals surface area contributed by atoms with E-state index >= 15 is 0 Å². The molecule has 62 valence electrons. The molecule has 0 aliphatic heterocycles. The maximum atomic E-state index is 10.5. The molecule has 6 nitrogen and oxygen atoms in total. The van der Waals surface area contributed by atoms with Crippen LogP contribution in [-0.2, 0) is 15.0 Å². The zero-order chi connectivity index (χ0) is 8.04. The summed E-state index contributed by atoms with van der Waals surface area (Å²) in [5, 5.41) is 0. The summed E-state index contributed by atoms with van der Waals surface area (Å²) in [5.41, 5.74) is 5.02. The molecule has 0 rings (SSSR count). The van der Waals surface area contributed by atoms with Gasteiger partial charge in [0, 0.05) is 13.6 Å². The summed E-state index contributed by atoms with van der Waals surface area (Å²) in [6.07, 6.45) is 0. The standard InChI is InChI=1S/C3H11N3O3S/c1-5-10(7,8)6-9-3-2-4/h5-6H,2-4H2,1H3. The third kappa shape index (κ3) is 4.65. The third-order valence-electron chi connectivity index (χ3n) is 0.657. The van der Waals surface area contributed by atoms with E-state index in [-0.39, 0.29) is 13.2 Å². The Morgan fingerprint density at radius 2 is 2.20 bits per heavy atom. The van der Waals surface area contributed by atoms with Crippen LogP contribution < -0.4 is 15.3 Å². The van der Waals surface area contributed by atoms with Crippen molar-refractivity contribution in [2.75, 3.05) is 20.2 Å². The number of nitrogens with two attached hydrogens (primary N) is 1. The van der Waals surface area contributed by atoms with Gasteiger partial charge in [0.05, 0.1) is 6.61 Å². The van der Waals surface area contributed by atoms with Crippen LogP contribution in [0.1, 0.15) is 0 Å². The van der Waals surface area contributed by atoms with Crippen LogP contribution in [0.2, 0.25) is 0 Å². The lowest BCUT2D eigenvalue weighted by atomic mass is 10.8. The first-order valence-corrected chi connectivity index (χ1v) is 4.13. The summed E-state index contributed by atoms with van der Waals surface area (Å²) in [5.74, 6) is 0. The number of rotatable bonds is 5. The molecule has 0 fully saturated rings. The normalized spacial score (nSPS) is 11.8. The van der Waals surface area contributed by atoms with Crippen molar-refractivity contribution in [1.29, 1.82) is 0 Å². The van der Waals surface area contributed by atoms with Crippen molar-refractivity contribution in [3.05, 3.63) is 0 Å². The van der Waals surface area contributed by atoms with Gasteiger partial charge >= 0.3 is 0 Å². The minimum atomic E-state index is -3.47. The second kappa shape index (κ2) is 4.58. The Morgan fingerprint density at radius 3 is 2.60 bits per heavy atom. The molecule has 4 N–H and O–H groups in total. The Morgan fingerprint density at radius 1 is 1.60 bits per heavy atom. The number of hydrogen-bond donors (Lipinski definition) is 3. The fourth-order valence-corrected chi connectivity index (χ4v) is 0.542. The SMILES string of the molecule is CNS(=O)(=O)NOCCN. The van der Waals surface area contributed by atoms with Crippen molar-refractivity contribution in [2.24, 2.45) is 5.73 Å². The first-order chi connectivity index (χ1) is 4.62. The predicted octanol–water partition coefficient (Wildman–Crippen LogP) is -2.07. The van der Waals surface area contributed by atoms with E-state index in [4.69, 9.17) is 5.73 Å². The van der Waals surface area contributed by atoms with Gasteiger partial charge in [-0.2, -0.15) is 8.42 Å². The van der Waals surface area contributed by atoms with Crippen molar-refractivity contribution < 1.29 is 13.3 Å². The second-order valence-electron chi connectivity index (χ2n) is 1.43. The van der Waals surface area contributed by atoms with Gasteiger partial charge < -0.3 is 5.73 Å². The molecule has 0 atom stereocenters. The highest BCUT2D eigenvalue weighted by Crippen LogP contribution is 1.72. The molecule has 0 bridgehead atoms. The van der Waals surface area contributed by atoms with Gasteiger partial charge in [-0.25, -0.2) is 4.72 Å². The molecular weight excluding hydrogens is 158 g/mol. The summed E-state index contributed by atoms with van der Waals surface area (Å²) in [4.78, 5) is 6.20. The largest absolute Gasteiger partial charge is 0.328 e. The van der Waals surface area contributed by atoms with Crippen LogP contribution in [0, 0.1) is 0 Å². The Kier molecular flexibility index (Phi) is 4.49. The molecule has 0 aliphatic rings. The zero-order valence-electron chi connectivity index (χ0n) is 5.62. The molecule has 0 aliphatic carbocycles. The average Bonchev–Trinajstić information content (AvgIpc) is 1.89. The van der Waals surface area contributed by atoms with E-state index in [1.54, 1.807) is 4.89 Å². The predicted molar refractivity (Wildman–Crippen MR) is 36.1 cm³/mol. The lowest BCUT2D eigenvalue weighted by Crippen LogP contribution is -2.35. The number of hydrogen-bond acceptors (Lipinski definition) is 4. The minimum absolute atomic E-state index is 0.154. The third-order valence-corrected chi connectivity index (χ3v) is 1.53. The zero-order valence-corrected chi connectivity index (χ0v) is 6.44. The molecule has 0 aromatic rings. The molecule has 7 heteroatoms. The van der Waals surface area contributed by atoms with Crippen LogP contribution >= 0.6 is 0 Å². The van der Waals surface area contributed by atoms with E-state index in [1.807, 2.05) is 4.72 Å². The smallest absolute Gasteiger partial charge is 0.298 e. The molecule has 0 radical (unpaired) electrons. The van der Waals surface area contributed by atoms with Crippen LogP contribution in [0.25, 0.3) is 0 Å². The Balaban J connectivity index is 3.49. The van der Waals surface area contributed by atoms with E-state index in [0.29, 0.717) is 0 Å². The van der Waals surface area contributed by atoms with E-state index < -0.39 is 10.2 Å². The fraction of sp³-hybridized carbons (Fsp3) is 1.00. The summed E-state index contributed by atoms with van der Waals surface area (Å²) in [7, 11) is -2.20. The second-order valence-corrected chi connectivity index (χ2v) is 3.01. The van der Waals surface area contributed by atoms with Crippen molar-refractivity contribution in [3.8, 4) is 0 Å². The van der Waals surface area contributed by atoms with E-state index in [1.165, 1.54) is 7.05 Å². The summed E-state index contributed by atoms with van der Waals surface area (Å²) in [6.45, 7) is 0.424. The van der Waals surface area contributed by atoms with Crippen molar-refractivity contribution >= 4 is 10.2 Å². The molecule has 0 unspecified atom stereocenters. The average molecular weight is 169 g/mol. The highest BCUT2D eigenvalue weighted by atomic mass is 32.2. The first kappa shape index (κ1) is 9.79. The molecule has 0 spiro atoms. The van der Waals surface area contributed by atoms with Gasteiger partial charge in [-0.05, 0) is 0 Å².